The number of carbonyl (C=O) groups excluding carboxylic acids is 1. The van der Waals surface area contributed by atoms with Crippen molar-refractivity contribution in [3.8, 4) is 16.9 Å². The van der Waals surface area contributed by atoms with Crippen molar-refractivity contribution >= 4 is 15.9 Å². The molecule has 2 heterocycles. The number of carbonyl (C=O) groups is 1. The molecule has 0 bridgehead atoms. The fourth-order valence-electron chi connectivity index (χ4n) is 5.42. The van der Waals surface area contributed by atoms with E-state index in [-0.39, 0.29) is 24.6 Å². The van der Waals surface area contributed by atoms with Gasteiger partial charge >= 0.3 is 12.3 Å². The molecule has 3 aromatic rings. The predicted molar refractivity (Wildman–Crippen MR) is 154 cm³/mol. The first-order chi connectivity index (χ1) is 19.7. The van der Waals surface area contributed by atoms with Crippen molar-refractivity contribution in [2.75, 3.05) is 13.1 Å². The summed E-state index contributed by atoms with van der Waals surface area (Å²) < 4.78 is 75.9. The molecule has 3 aromatic carbocycles. The molecule has 1 fully saturated rings. The Morgan fingerprint density at radius 3 is 2.10 bits per heavy atom. The molecule has 5 rings (SSSR count). The molecule has 0 atom stereocenters. The molecule has 2 aliphatic heterocycles. The van der Waals surface area contributed by atoms with Gasteiger partial charge in [-0.2, -0.15) is 13.2 Å². The summed E-state index contributed by atoms with van der Waals surface area (Å²) in [5, 5.41) is 0. The maximum Gasteiger partial charge on any atom is 0.427 e. The molecule has 1 amide bonds. The minimum absolute atomic E-state index is 0.000256. The first-order valence-corrected chi connectivity index (χ1v) is 15.8. The number of benzene rings is 3. The van der Waals surface area contributed by atoms with E-state index in [0.29, 0.717) is 12.8 Å². The highest BCUT2D eigenvalue weighted by Crippen LogP contribution is 2.41. The molecule has 2 aliphatic rings. The summed E-state index contributed by atoms with van der Waals surface area (Å²) in [4.78, 5) is 13.7. The Balaban J connectivity index is 1.19. The lowest BCUT2D eigenvalue weighted by Crippen LogP contribution is -2.53. The lowest BCUT2D eigenvalue weighted by molar-refractivity contribution is -0.246. The Morgan fingerprint density at radius 1 is 0.881 bits per heavy atom. The summed E-state index contributed by atoms with van der Waals surface area (Å²) in [6.45, 7) is 2.21. The van der Waals surface area contributed by atoms with E-state index in [4.69, 9.17) is 9.47 Å². The van der Waals surface area contributed by atoms with Crippen molar-refractivity contribution in [2.24, 2.45) is 0 Å². The van der Waals surface area contributed by atoms with Crippen molar-refractivity contribution in [1.82, 2.24) is 4.90 Å². The van der Waals surface area contributed by atoms with Crippen LogP contribution in [0.25, 0.3) is 11.1 Å². The number of amides is 1. The minimum atomic E-state index is -4.65. The number of piperidine rings is 1. The van der Waals surface area contributed by atoms with Crippen molar-refractivity contribution < 1.29 is 35.9 Å². The summed E-state index contributed by atoms with van der Waals surface area (Å²) in [5.74, 6) is 0.737. The number of sulfone groups is 1. The average molecular weight is 602 g/mol. The SMILES string of the molecule is CC(C)(OC(=O)N1CCC2(CCc3cc(-c4ccc(CS(=O)(=O)Cc5ccccc5)cc4)ccc3O2)CC1)C(F)(F)F. The number of hydrogen-bond donors (Lipinski definition) is 0. The molecule has 10 heteroatoms. The molecule has 0 aromatic heterocycles. The number of rotatable bonds is 6. The van der Waals surface area contributed by atoms with Crippen molar-refractivity contribution in [3.05, 3.63) is 89.5 Å². The normalized spacial score (nSPS) is 16.9. The molecule has 0 aliphatic carbocycles. The largest absolute Gasteiger partial charge is 0.487 e. The predicted octanol–water partition coefficient (Wildman–Crippen LogP) is 7.11. The van der Waals surface area contributed by atoms with Crippen LogP contribution in [0, 0.1) is 0 Å². The highest BCUT2D eigenvalue weighted by atomic mass is 32.2. The maximum absolute atomic E-state index is 13.1. The number of alkyl halides is 3. The zero-order chi connectivity index (χ0) is 30.2. The van der Waals surface area contributed by atoms with E-state index >= 15 is 0 Å². The smallest absolute Gasteiger partial charge is 0.427 e. The van der Waals surface area contributed by atoms with Crippen molar-refractivity contribution in [1.29, 1.82) is 0 Å². The fourth-order valence-corrected chi connectivity index (χ4v) is 6.92. The van der Waals surface area contributed by atoms with Crippen LogP contribution < -0.4 is 4.74 Å². The quantitative estimate of drug-likeness (QED) is 0.301. The highest BCUT2D eigenvalue weighted by Gasteiger charge is 2.52. The van der Waals surface area contributed by atoms with Crippen molar-refractivity contribution in [2.45, 2.75) is 68.4 Å². The van der Waals surface area contributed by atoms with Gasteiger partial charge < -0.3 is 14.4 Å². The van der Waals surface area contributed by atoms with Gasteiger partial charge in [-0.3, -0.25) is 0 Å². The third-order valence-corrected chi connectivity index (χ3v) is 9.64. The van der Waals surface area contributed by atoms with Gasteiger partial charge in [-0.05, 0) is 66.6 Å². The Kier molecular flexibility index (Phi) is 8.04. The van der Waals surface area contributed by atoms with Crippen LogP contribution in [0.2, 0.25) is 0 Å². The van der Waals surface area contributed by atoms with Gasteiger partial charge in [-0.1, -0.05) is 60.7 Å². The van der Waals surface area contributed by atoms with Crippen LogP contribution in [0.1, 0.15) is 49.8 Å². The summed E-state index contributed by atoms with van der Waals surface area (Å²) in [5.41, 5.74) is 1.49. The average Bonchev–Trinajstić information content (AvgIpc) is 2.93. The van der Waals surface area contributed by atoms with Crippen LogP contribution in [0.5, 0.6) is 5.75 Å². The summed E-state index contributed by atoms with van der Waals surface area (Å²) in [7, 11) is -3.30. The molecule has 0 radical (unpaired) electrons. The van der Waals surface area contributed by atoms with Gasteiger partial charge in [-0.25, -0.2) is 13.2 Å². The molecule has 1 spiro atoms. The van der Waals surface area contributed by atoms with Crippen molar-refractivity contribution in [3.63, 3.8) is 0 Å². The molecule has 1 saturated heterocycles. The van der Waals surface area contributed by atoms with E-state index < -0.39 is 33.3 Å². The molecule has 0 N–H and O–H groups in total. The van der Waals surface area contributed by atoms with Gasteiger partial charge in [0.15, 0.2) is 9.84 Å². The van der Waals surface area contributed by atoms with Gasteiger partial charge in [-0.15, -0.1) is 0 Å². The van der Waals surface area contributed by atoms with Crippen LogP contribution in [0.15, 0.2) is 72.8 Å². The van der Waals surface area contributed by atoms with E-state index in [1.165, 1.54) is 4.90 Å². The topological polar surface area (TPSA) is 72.9 Å². The van der Waals surface area contributed by atoms with Crippen LogP contribution in [0.4, 0.5) is 18.0 Å². The number of fused-ring (bicyclic) bond motifs is 1. The number of likely N-dealkylation sites (tertiary alicyclic amines) is 1. The second-order valence-corrected chi connectivity index (χ2v) is 13.7. The Hall–Kier alpha value is -3.53. The third-order valence-electron chi connectivity index (χ3n) is 8.10. The second kappa shape index (κ2) is 11.3. The van der Waals surface area contributed by atoms with Gasteiger partial charge in [0.05, 0.1) is 11.5 Å². The number of halogens is 3. The van der Waals surface area contributed by atoms with Gasteiger partial charge in [0.1, 0.15) is 11.4 Å². The number of hydrogen-bond acceptors (Lipinski definition) is 5. The van der Waals surface area contributed by atoms with E-state index in [0.717, 1.165) is 60.3 Å². The number of ether oxygens (including phenoxy) is 2. The molecular weight excluding hydrogens is 567 g/mol. The van der Waals surface area contributed by atoms with Crippen LogP contribution in [0.3, 0.4) is 0 Å². The molecular formula is C32H34F3NO5S. The van der Waals surface area contributed by atoms with E-state index in [9.17, 15) is 26.4 Å². The molecule has 6 nitrogen and oxygen atoms in total. The van der Waals surface area contributed by atoms with Crippen LogP contribution >= 0.6 is 0 Å². The fraction of sp³-hybridized carbons (Fsp3) is 0.406. The number of nitrogens with zero attached hydrogens (tertiary/aromatic N) is 1. The summed E-state index contributed by atoms with van der Waals surface area (Å²) >= 11 is 0. The molecule has 224 valence electrons. The van der Waals surface area contributed by atoms with Crippen LogP contribution in [-0.4, -0.2) is 49.9 Å². The van der Waals surface area contributed by atoms with E-state index in [1.807, 2.05) is 66.7 Å². The lowest BCUT2D eigenvalue weighted by atomic mass is 9.82. The first kappa shape index (κ1) is 29.9. The minimum Gasteiger partial charge on any atom is -0.487 e. The van der Waals surface area contributed by atoms with Gasteiger partial charge in [0.2, 0.25) is 5.60 Å². The Morgan fingerprint density at radius 2 is 1.48 bits per heavy atom. The summed E-state index contributed by atoms with van der Waals surface area (Å²) in [6.07, 6.45) is -3.11. The molecule has 42 heavy (non-hydrogen) atoms. The Bertz CT molecular complexity index is 1530. The zero-order valence-corrected chi connectivity index (χ0v) is 24.4. The lowest BCUT2D eigenvalue weighted by Gasteiger charge is -2.44. The third kappa shape index (κ3) is 6.75. The second-order valence-electron chi connectivity index (χ2n) is 11.7. The maximum atomic E-state index is 13.1. The van der Waals surface area contributed by atoms with Crippen LogP contribution in [-0.2, 0) is 32.5 Å². The monoisotopic (exact) mass is 601 g/mol. The van der Waals surface area contributed by atoms with E-state index in [1.54, 1.807) is 0 Å². The molecule has 0 saturated carbocycles. The zero-order valence-electron chi connectivity index (χ0n) is 23.6. The number of aryl methyl sites for hydroxylation is 1. The highest BCUT2D eigenvalue weighted by molar-refractivity contribution is 7.89. The Labute approximate surface area is 244 Å². The van der Waals surface area contributed by atoms with Gasteiger partial charge in [0.25, 0.3) is 0 Å². The molecule has 0 unspecified atom stereocenters. The van der Waals surface area contributed by atoms with E-state index in [2.05, 4.69) is 6.07 Å². The summed E-state index contributed by atoms with van der Waals surface area (Å²) in [6, 6.07) is 22.6. The first-order valence-electron chi connectivity index (χ1n) is 13.9. The standard InChI is InChI=1S/C32H34F3NO5S/c1-30(2,32(33,34)35)41-29(37)36-18-16-31(17-19-36)15-14-27-20-26(12-13-28(27)40-31)25-10-8-24(9-11-25)22-42(38,39)21-23-6-4-3-5-7-23/h3-13,20H,14-19,21-22H2,1-2H3. The van der Waals surface area contributed by atoms with Gasteiger partial charge in [0, 0.05) is 25.9 Å².